The zero-order chi connectivity index (χ0) is 28.0. The number of benzene rings is 3. The standard InChI is InChI=1S/C30H28BF2N3O4/c1-17-12-21(30-22(13-17)26(37)15-27(39-30)36-10-4-3-5-11-36)18(2)35-25-9-8-24(32)29(33)28(25)19-6-7-23-20(14-19)16-34-40-31(23)38/h6-9,12-16,18,35,38H,3-5,10-11H2,1-2H3/t18-/m1/s1. The smallest absolute Gasteiger partial charge is 0.440 e. The van der Waals surface area contributed by atoms with Gasteiger partial charge in [0.05, 0.1) is 17.6 Å². The Balaban J connectivity index is 1.42. The lowest BCUT2D eigenvalue weighted by Gasteiger charge is -2.27. The normalized spacial score (nSPS) is 15.6. The average molecular weight is 543 g/mol. The molecule has 0 unspecified atom stereocenters. The molecule has 3 aromatic carbocycles. The fourth-order valence-corrected chi connectivity index (χ4v) is 5.55. The molecule has 7 nitrogen and oxygen atoms in total. The molecule has 2 aliphatic rings. The van der Waals surface area contributed by atoms with Crippen molar-refractivity contribution in [2.24, 2.45) is 5.16 Å². The second kappa shape index (κ2) is 10.4. The molecule has 1 aromatic heterocycles. The van der Waals surface area contributed by atoms with E-state index >= 15 is 4.39 Å². The fourth-order valence-electron chi connectivity index (χ4n) is 5.55. The van der Waals surface area contributed by atoms with Crippen LogP contribution in [0.3, 0.4) is 0 Å². The summed E-state index contributed by atoms with van der Waals surface area (Å²) in [6.07, 6.45) is 4.65. The van der Waals surface area contributed by atoms with E-state index in [4.69, 9.17) is 9.17 Å². The number of hydrogen-bond acceptors (Lipinski definition) is 7. The molecule has 4 aromatic rings. The number of rotatable bonds is 5. The molecule has 204 valence electrons. The highest BCUT2D eigenvalue weighted by atomic mass is 19.2. The Hall–Kier alpha value is -4.18. The maximum Gasteiger partial charge on any atom is 0.583 e. The van der Waals surface area contributed by atoms with Crippen molar-refractivity contribution >= 4 is 41.3 Å². The quantitative estimate of drug-likeness (QED) is 0.334. The SMILES string of the molecule is Cc1cc([C@@H](C)Nc2ccc(F)c(F)c2-c2ccc3c(c2)C=NOB3O)c2oc(N3CCCCC3)cc(=O)c2c1. The van der Waals surface area contributed by atoms with E-state index in [-0.39, 0.29) is 11.0 Å². The highest BCUT2D eigenvalue weighted by Gasteiger charge is 2.27. The van der Waals surface area contributed by atoms with E-state index in [1.807, 2.05) is 26.0 Å². The van der Waals surface area contributed by atoms with Crippen LogP contribution in [0.2, 0.25) is 0 Å². The van der Waals surface area contributed by atoms with Crippen LogP contribution in [0.4, 0.5) is 20.4 Å². The van der Waals surface area contributed by atoms with Crippen LogP contribution in [0.5, 0.6) is 0 Å². The maximum atomic E-state index is 15.4. The third-order valence-electron chi connectivity index (χ3n) is 7.58. The van der Waals surface area contributed by atoms with E-state index in [0.717, 1.165) is 49.5 Å². The van der Waals surface area contributed by atoms with Gasteiger partial charge in [-0.15, -0.1) is 5.16 Å². The molecule has 0 aliphatic carbocycles. The second-order valence-electron chi connectivity index (χ2n) is 10.4. The Labute approximate surface area is 230 Å². The number of anilines is 2. The molecule has 0 saturated carbocycles. The Morgan fingerprint density at radius 1 is 1.07 bits per heavy atom. The molecule has 0 radical (unpaired) electrons. The van der Waals surface area contributed by atoms with Crippen LogP contribution in [0.25, 0.3) is 22.1 Å². The molecule has 0 amide bonds. The minimum absolute atomic E-state index is 0.0384. The molecule has 2 N–H and O–H groups in total. The first-order chi connectivity index (χ1) is 19.3. The molecule has 6 rings (SSSR count). The number of halogens is 2. The van der Waals surface area contributed by atoms with E-state index < -0.39 is 24.8 Å². The molecule has 2 aliphatic heterocycles. The van der Waals surface area contributed by atoms with Gasteiger partial charge in [0.1, 0.15) is 5.58 Å². The van der Waals surface area contributed by atoms with Crippen molar-refractivity contribution in [1.29, 1.82) is 0 Å². The summed E-state index contributed by atoms with van der Waals surface area (Å²) in [6.45, 7) is 5.45. The number of oxime groups is 1. The van der Waals surface area contributed by atoms with Gasteiger partial charge in [0.25, 0.3) is 0 Å². The Morgan fingerprint density at radius 3 is 2.67 bits per heavy atom. The van der Waals surface area contributed by atoms with Gasteiger partial charge >= 0.3 is 7.12 Å². The van der Waals surface area contributed by atoms with Gasteiger partial charge in [0, 0.05) is 41.4 Å². The lowest BCUT2D eigenvalue weighted by atomic mass is 9.75. The van der Waals surface area contributed by atoms with Crippen molar-refractivity contribution in [3.05, 3.63) is 87.1 Å². The topological polar surface area (TPSA) is 87.3 Å². The van der Waals surface area contributed by atoms with Gasteiger partial charge in [-0.05, 0) is 74.1 Å². The van der Waals surface area contributed by atoms with Gasteiger partial charge in [-0.25, -0.2) is 8.78 Å². The van der Waals surface area contributed by atoms with E-state index in [2.05, 4.69) is 15.4 Å². The van der Waals surface area contributed by atoms with Gasteiger partial charge in [0.2, 0.25) is 0 Å². The summed E-state index contributed by atoms with van der Waals surface area (Å²) in [5.74, 6) is -1.44. The molecule has 40 heavy (non-hydrogen) atoms. The van der Waals surface area contributed by atoms with Crippen LogP contribution in [0.1, 0.15) is 48.9 Å². The van der Waals surface area contributed by atoms with Crippen LogP contribution in [0, 0.1) is 18.6 Å². The Kier molecular flexibility index (Phi) is 6.79. The van der Waals surface area contributed by atoms with Crippen LogP contribution in [-0.4, -0.2) is 31.4 Å². The minimum atomic E-state index is -1.23. The summed E-state index contributed by atoms with van der Waals surface area (Å²) in [4.78, 5) is 15.3. The maximum absolute atomic E-state index is 15.4. The van der Waals surface area contributed by atoms with Gasteiger partial charge in [0.15, 0.2) is 22.9 Å². The Morgan fingerprint density at radius 2 is 1.88 bits per heavy atom. The van der Waals surface area contributed by atoms with Gasteiger partial charge in [-0.2, -0.15) is 0 Å². The van der Waals surface area contributed by atoms with Crippen LogP contribution < -0.4 is 21.1 Å². The number of fused-ring (bicyclic) bond motifs is 2. The molecule has 0 bridgehead atoms. The summed E-state index contributed by atoms with van der Waals surface area (Å²) in [5, 5.41) is 17.5. The third kappa shape index (κ3) is 4.73. The van der Waals surface area contributed by atoms with Crippen molar-refractivity contribution in [3.8, 4) is 11.1 Å². The van der Waals surface area contributed by atoms with Crippen molar-refractivity contribution in [1.82, 2.24) is 0 Å². The molecule has 1 saturated heterocycles. The molecule has 3 heterocycles. The number of nitrogens with one attached hydrogen (secondary N) is 1. The van der Waals surface area contributed by atoms with Crippen molar-refractivity contribution in [3.63, 3.8) is 0 Å². The lowest BCUT2D eigenvalue weighted by Crippen LogP contribution is -2.37. The van der Waals surface area contributed by atoms with Gasteiger partial charge < -0.3 is 24.4 Å². The third-order valence-corrected chi connectivity index (χ3v) is 7.58. The fraction of sp³-hybridized carbons (Fsp3) is 0.267. The van der Waals surface area contributed by atoms with E-state index in [0.29, 0.717) is 39.1 Å². The number of piperidine rings is 1. The van der Waals surface area contributed by atoms with Gasteiger partial charge in [-0.3, -0.25) is 4.79 Å². The number of aryl methyl sites for hydroxylation is 1. The predicted molar refractivity (Wildman–Crippen MR) is 153 cm³/mol. The summed E-state index contributed by atoms with van der Waals surface area (Å²) in [7, 11) is -1.23. The van der Waals surface area contributed by atoms with Gasteiger partial charge in [-0.1, -0.05) is 18.2 Å². The monoisotopic (exact) mass is 543 g/mol. The second-order valence-corrected chi connectivity index (χ2v) is 10.4. The van der Waals surface area contributed by atoms with Crippen molar-refractivity contribution in [2.45, 2.75) is 39.2 Å². The zero-order valence-electron chi connectivity index (χ0n) is 22.2. The molecular weight excluding hydrogens is 515 g/mol. The highest BCUT2D eigenvalue weighted by Crippen LogP contribution is 2.36. The number of nitrogens with zero attached hydrogens (tertiary/aromatic N) is 2. The lowest BCUT2D eigenvalue weighted by molar-refractivity contribution is 0.286. The summed E-state index contributed by atoms with van der Waals surface area (Å²) in [5.41, 5.74) is 3.79. The summed E-state index contributed by atoms with van der Waals surface area (Å²) in [6, 6.07) is 12.3. The molecular formula is C30H28BF2N3O4. The molecule has 1 atom stereocenters. The zero-order valence-corrected chi connectivity index (χ0v) is 22.2. The van der Waals surface area contributed by atoms with E-state index in [1.54, 1.807) is 24.3 Å². The minimum Gasteiger partial charge on any atom is -0.440 e. The largest absolute Gasteiger partial charge is 0.583 e. The van der Waals surface area contributed by atoms with Crippen molar-refractivity contribution in [2.75, 3.05) is 23.3 Å². The molecule has 10 heteroatoms. The van der Waals surface area contributed by atoms with Crippen molar-refractivity contribution < 1.29 is 23.0 Å². The molecule has 1 fully saturated rings. The Bertz CT molecular complexity index is 1700. The van der Waals surface area contributed by atoms with Crippen LogP contribution in [0.15, 0.2) is 62.9 Å². The first-order valence-corrected chi connectivity index (χ1v) is 13.4. The summed E-state index contributed by atoms with van der Waals surface area (Å²) < 4.78 is 41.1. The van der Waals surface area contributed by atoms with E-state index in [1.165, 1.54) is 12.3 Å². The first-order valence-electron chi connectivity index (χ1n) is 13.4. The molecule has 0 spiro atoms. The van der Waals surface area contributed by atoms with Crippen LogP contribution >= 0.6 is 0 Å². The average Bonchev–Trinajstić information content (AvgIpc) is 2.95. The number of hydrogen-bond donors (Lipinski definition) is 2. The van der Waals surface area contributed by atoms with Crippen LogP contribution in [-0.2, 0) is 4.76 Å². The van der Waals surface area contributed by atoms with E-state index in [9.17, 15) is 14.2 Å². The predicted octanol–water partition coefficient (Wildman–Crippen LogP) is 5.26. The first kappa shape index (κ1) is 26.1. The summed E-state index contributed by atoms with van der Waals surface area (Å²) >= 11 is 0. The highest BCUT2D eigenvalue weighted by molar-refractivity contribution is 6.62.